The standard InChI is InChI=1S/C22H20ClNO5S2/c1-3-5-8-16(4-2)15-30(25,26)21-12-11-18(23)14-19(21)24-31(27,28)22-13-17-9-6-7-10-20(17)29-22/h3-14,24H,2,15H2,1H3/b5-3-,16-8+. The number of allylic oxidation sites excluding steroid dienone is 4. The second kappa shape index (κ2) is 9.13. The summed E-state index contributed by atoms with van der Waals surface area (Å²) in [5.41, 5.74) is 0.688. The Morgan fingerprint density at radius 1 is 1.13 bits per heavy atom. The number of para-hydroxylation sites is 1. The van der Waals surface area contributed by atoms with E-state index in [2.05, 4.69) is 11.3 Å². The zero-order valence-corrected chi connectivity index (χ0v) is 19.0. The molecule has 0 atom stereocenters. The fourth-order valence-corrected chi connectivity index (χ4v) is 5.64. The van der Waals surface area contributed by atoms with Crippen molar-refractivity contribution in [2.45, 2.75) is 16.9 Å². The van der Waals surface area contributed by atoms with E-state index >= 15 is 0 Å². The third-order valence-electron chi connectivity index (χ3n) is 4.31. The predicted molar refractivity (Wildman–Crippen MR) is 124 cm³/mol. The molecule has 0 amide bonds. The van der Waals surface area contributed by atoms with Crippen molar-refractivity contribution >= 4 is 48.1 Å². The molecule has 162 valence electrons. The van der Waals surface area contributed by atoms with Gasteiger partial charge in [-0.3, -0.25) is 4.72 Å². The first-order valence-corrected chi connectivity index (χ1v) is 12.7. The molecule has 0 fully saturated rings. The smallest absolute Gasteiger partial charge is 0.295 e. The average Bonchev–Trinajstić information content (AvgIpc) is 3.16. The van der Waals surface area contributed by atoms with Gasteiger partial charge in [-0.1, -0.05) is 60.7 Å². The van der Waals surface area contributed by atoms with E-state index in [0.717, 1.165) is 0 Å². The Morgan fingerprint density at radius 3 is 2.55 bits per heavy atom. The maximum atomic E-state index is 13.0. The van der Waals surface area contributed by atoms with E-state index in [-0.39, 0.29) is 26.5 Å². The van der Waals surface area contributed by atoms with Crippen molar-refractivity contribution in [1.82, 2.24) is 0 Å². The van der Waals surface area contributed by atoms with Crippen LogP contribution in [-0.4, -0.2) is 22.6 Å². The lowest BCUT2D eigenvalue weighted by Crippen LogP contribution is -2.16. The van der Waals surface area contributed by atoms with Gasteiger partial charge in [-0.15, -0.1) is 0 Å². The van der Waals surface area contributed by atoms with E-state index in [1.807, 2.05) is 0 Å². The summed E-state index contributed by atoms with van der Waals surface area (Å²) < 4.78 is 59.6. The first-order chi connectivity index (χ1) is 14.7. The van der Waals surface area contributed by atoms with Crippen LogP contribution in [0.25, 0.3) is 11.0 Å². The predicted octanol–water partition coefficient (Wildman–Crippen LogP) is 5.35. The van der Waals surface area contributed by atoms with Gasteiger partial charge in [0, 0.05) is 16.5 Å². The summed E-state index contributed by atoms with van der Waals surface area (Å²) in [7, 11) is -8.13. The normalized spacial score (nSPS) is 13.0. The summed E-state index contributed by atoms with van der Waals surface area (Å²) in [6.07, 6.45) is 6.51. The number of sulfonamides is 1. The number of fused-ring (bicyclic) bond motifs is 1. The van der Waals surface area contributed by atoms with Gasteiger partial charge in [-0.05, 0) is 36.8 Å². The Hall–Kier alpha value is -2.81. The van der Waals surface area contributed by atoms with Gasteiger partial charge in [0.1, 0.15) is 5.58 Å². The molecule has 1 N–H and O–H groups in total. The van der Waals surface area contributed by atoms with Crippen molar-refractivity contribution < 1.29 is 21.3 Å². The zero-order chi connectivity index (χ0) is 22.6. The topological polar surface area (TPSA) is 93.5 Å². The highest BCUT2D eigenvalue weighted by Crippen LogP contribution is 2.31. The van der Waals surface area contributed by atoms with Crippen LogP contribution < -0.4 is 4.72 Å². The number of halogens is 1. The molecule has 0 radical (unpaired) electrons. The molecule has 0 saturated carbocycles. The van der Waals surface area contributed by atoms with Crippen molar-refractivity contribution in [3.8, 4) is 0 Å². The van der Waals surface area contributed by atoms with E-state index in [1.54, 1.807) is 49.4 Å². The molecule has 0 aliphatic carbocycles. The molecule has 0 saturated heterocycles. The Balaban J connectivity index is 2.02. The molecule has 2 aromatic carbocycles. The molecule has 31 heavy (non-hydrogen) atoms. The minimum absolute atomic E-state index is 0.164. The Labute approximate surface area is 186 Å². The molecule has 6 nitrogen and oxygen atoms in total. The van der Waals surface area contributed by atoms with Crippen LogP contribution in [0.4, 0.5) is 5.69 Å². The van der Waals surface area contributed by atoms with Crippen LogP contribution >= 0.6 is 11.6 Å². The number of furan rings is 1. The van der Waals surface area contributed by atoms with Gasteiger partial charge < -0.3 is 4.42 Å². The molecule has 3 aromatic rings. The molecule has 0 unspecified atom stereocenters. The number of anilines is 1. The van der Waals surface area contributed by atoms with Crippen molar-refractivity contribution in [3.05, 3.63) is 90.0 Å². The van der Waals surface area contributed by atoms with Crippen LogP contribution in [0.1, 0.15) is 6.92 Å². The summed E-state index contributed by atoms with van der Waals surface area (Å²) in [4.78, 5) is -0.204. The van der Waals surface area contributed by atoms with Gasteiger partial charge in [0.05, 0.1) is 16.3 Å². The Kier molecular flexibility index (Phi) is 6.74. The van der Waals surface area contributed by atoms with E-state index in [4.69, 9.17) is 16.0 Å². The first-order valence-electron chi connectivity index (χ1n) is 9.14. The number of hydrogen-bond donors (Lipinski definition) is 1. The quantitative estimate of drug-likeness (QED) is 0.441. The monoisotopic (exact) mass is 477 g/mol. The molecular weight excluding hydrogens is 458 g/mol. The lowest BCUT2D eigenvalue weighted by atomic mass is 10.3. The Bertz CT molecular complexity index is 1370. The van der Waals surface area contributed by atoms with Gasteiger partial charge >= 0.3 is 0 Å². The van der Waals surface area contributed by atoms with Gasteiger partial charge in [-0.2, -0.15) is 8.42 Å². The summed E-state index contributed by atoms with van der Waals surface area (Å²) >= 11 is 6.02. The van der Waals surface area contributed by atoms with Gasteiger partial charge in [-0.25, -0.2) is 8.42 Å². The van der Waals surface area contributed by atoms with E-state index in [9.17, 15) is 16.8 Å². The van der Waals surface area contributed by atoms with E-state index in [0.29, 0.717) is 16.5 Å². The molecule has 1 heterocycles. The Morgan fingerprint density at radius 2 is 1.87 bits per heavy atom. The molecule has 0 spiro atoms. The van der Waals surface area contributed by atoms with Gasteiger partial charge in [0.15, 0.2) is 9.84 Å². The molecule has 9 heteroatoms. The lowest BCUT2D eigenvalue weighted by Gasteiger charge is -2.13. The zero-order valence-electron chi connectivity index (χ0n) is 16.6. The van der Waals surface area contributed by atoms with E-state index < -0.39 is 19.9 Å². The first kappa shape index (κ1) is 22.9. The number of sulfone groups is 1. The third kappa shape index (κ3) is 5.28. The highest BCUT2D eigenvalue weighted by Gasteiger charge is 2.26. The fourth-order valence-electron chi connectivity index (χ4n) is 2.83. The maximum Gasteiger partial charge on any atom is 0.295 e. The third-order valence-corrected chi connectivity index (χ3v) is 7.50. The molecular formula is C22H20ClNO5S2. The maximum absolute atomic E-state index is 13.0. The lowest BCUT2D eigenvalue weighted by molar-refractivity contribution is 0.484. The van der Waals surface area contributed by atoms with Crippen LogP contribution in [0.5, 0.6) is 0 Å². The summed E-state index contributed by atoms with van der Waals surface area (Å²) in [6, 6.07) is 12.1. The number of hydrogen-bond acceptors (Lipinski definition) is 5. The van der Waals surface area contributed by atoms with Crippen LogP contribution in [0.15, 0.2) is 99.4 Å². The summed E-state index contributed by atoms with van der Waals surface area (Å²) in [5, 5.41) is 0.443. The largest absolute Gasteiger partial charge is 0.443 e. The average molecular weight is 478 g/mol. The molecule has 0 aliphatic rings. The fraction of sp³-hybridized carbons (Fsp3) is 0.0909. The van der Waals surface area contributed by atoms with Crippen molar-refractivity contribution in [2.24, 2.45) is 0 Å². The van der Waals surface area contributed by atoms with Crippen LogP contribution in [-0.2, 0) is 19.9 Å². The van der Waals surface area contributed by atoms with Crippen LogP contribution in [0.3, 0.4) is 0 Å². The van der Waals surface area contributed by atoms with Crippen molar-refractivity contribution in [2.75, 3.05) is 10.5 Å². The minimum Gasteiger partial charge on any atom is -0.443 e. The van der Waals surface area contributed by atoms with Gasteiger partial charge in [0.2, 0.25) is 5.09 Å². The van der Waals surface area contributed by atoms with Crippen LogP contribution in [0.2, 0.25) is 5.02 Å². The van der Waals surface area contributed by atoms with Crippen molar-refractivity contribution in [1.29, 1.82) is 0 Å². The highest BCUT2D eigenvalue weighted by atomic mass is 35.5. The second-order valence-corrected chi connectivity index (χ2v) is 10.6. The SMILES string of the molecule is C=C/C(=C\C=C/C)CS(=O)(=O)c1ccc(Cl)cc1NS(=O)(=O)c1cc2ccccc2o1. The number of benzene rings is 2. The number of rotatable bonds is 8. The molecule has 0 aliphatic heterocycles. The second-order valence-electron chi connectivity index (χ2n) is 6.58. The summed E-state index contributed by atoms with van der Waals surface area (Å²) in [6.45, 7) is 5.44. The van der Waals surface area contributed by atoms with E-state index in [1.165, 1.54) is 30.3 Å². The number of nitrogens with one attached hydrogen (secondary N) is 1. The highest BCUT2D eigenvalue weighted by molar-refractivity contribution is 7.93. The molecule has 1 aromatic heterocycles. The minimum atomic E-state index is -4.21. The molecule has 0 bridgehead atoms. The van der Waals surface area contributed by atoms with Crippen molar-refractivity contribution in [3.63, 3.8) is 0 Å². The summed E-state index contributed by atoms with van der Waals surface area (Å²) in [5.74, 6) is -0.359. The van der Waals surface area contributed by atoms with Gasteiger partial charge in [0.25, 0.3) is 10.0 Å². The molecule has 3 rings (SSSR count). The van der Waals surface area contributed by atoms with Crippen LogP contribution in [0, 0.1) is 0 Å².